The van der Waals surface area contributed by atoms with Crippen LogP contribution in [0.2, 0.25) is 0 Å². The van der Waals surface area contributed by atoms with E-state index in [9.17, 15) is 9.59 Å². The number of benzene rings is 2. The van der Waals surface area contributed by atoms with Gasteiger partial charge in [0.25, 0.3) is 5.56 Å². The van der Waals surface area contributed by atoms with Gasteiger partial charge in [-0.05, 0) is 50.1 Å². The molecule has 1 aliphatic heterocycles. The number of nitrogens with one attached hydrogen (secondary N) is 1. The van der Waals surface area contributed by atoms with Crippen molar-refractivity contribution in [2.24, 2.45) is 0 Å². The highest BCUT2D eigenvalue weighted by Gasteiger charge is 2.26. The first-order valence-electron chi connectivity index (χ1n) is 11.2. The van der Waals surface area contributed by atoms with Crippen molar-refractivity contribution < 1.29 is 14.3 Å². The average Bonchev–Trinajstić information content (AvgIpc) is 3.14. The van der Waals surface area contributed by atoms with Crippen LogP contribution in [0.25, 0.3) is 16.6 Å². The molecule has 170 valence electrons. The van der Waals surface area contributed by atoms with Crippen LogP contribution in [0.3, 0.4) is 0 Å². The molecule has 0 radical (unpaired) electrons. The first-order valence-corrected chi connectivity index (χ1v) is 11.2. The highest BCUT2D eigenvalue weighted by molar-refractivity contribution is 5.94. The van der Waals surface area contributed by atoms with Gasteiger partial charge in [0.15, 0.2) is 17.1 Å². The van der Waals surface area contributed by atoms with Crippen molar-refractivity contribution in [3.8, 4) is 11.5 Å². The molecule has 2 atom stereocenters. The zero-order chi connectivity index (χ0) is 23.1. The molecule has 3 heterocycles. The number of hydrogen-bond donors (Lipinski definition) is 1. The number of nitrogens with zero attached hydrogens (tertiary/aromatic N) is 3. The fourth-order valence-corrected chi connectivity index (χ4v) is 4.51. The van der Waals surface area contributed by atoms with Crippen molar-refractivity contribution >= 4 is 22.5 Å². The van der Waals surface area contributed by atoms with Gasteiger partial charge in [0, 0.05) is 17.1 Å². The molecule has 8 nitrogen and oxygen atoms in total. The van der Waals surface area contributed by atoms with E-state index in [0.29, 0.717) is 31.0 Å². The summed E-state index contributed by atoms with van der Waals surface area (Å²) in [5.74, 6) is 1.30. The number of ether oxygens (including phenoxy) is 2. The van der Waals surface area contributed by atoms with Crippen molar-refractivity contribution in [1.29, 1.82) is 0 Å². The summed E-state index contributed by atoms with van der Waals surface area (Å²) in [5.41, 5.74) is 2.79. The molecule has 2 aromatic heterocycles. The fourth-order valence-electron chi connectivity index (χ4n) is 4.51. The maximum absolute atomic E-state index is 13.5. The van der Waals surface area contributed by atoms with E-state index in [0.717, 1.165) is 27.9 Å². The van der Waals surface area contributed by atoms with Crippen LogP contribution in [0.4, 0.5) is 0 Å². The molecule has 33 heavy (non-hydrogen) atoms. The second-order valence-electron chi connectivity index (χ2n) is 8.29. The Kier molecular flexibility index (Phi) is 5.28. The predicted molar refractivity (Wildman–Crippen MR) is 125 cm³/mol. The number of carbonyl (C=O) groups is 1. The molecule has 1 amide bonds. The normalized spacial score (nSPS) is 14.9. The third-order valence-corrected chi connectivity index (χ3v) is 6.10. The van der Waals surface area contributed by atoms with Crippen LogP contribution in [0.1, 0.15) is 43.6 Å². The SMILES string of the molecule is CC[C@H](C(=O)N[C@H](C)c1ccc2c(c1)OCCO2)n1c2ccccc2c2nc(=O)cc(C)n21. The van der Waals surface area contributed by atoms with Gasteiger partial charge in [-0.3, -0.25) is 14.3 Å². The van der Waals surface area contributed by atoms with Crippen LogP contribution in [0.5, 0.6) is 11.5 Å². The van der Waals surface area contributed by atoms with Crippen molar-refractivity contribution in [2.45, 2.75) is 39.3 Å². The second-order valence-corrected chi connectivity index (χ2v) is 8.29. The minimum Gasteiger partial charge on any atom is -0.486 e. The van der Waals surface area contributed by atoms with Crippen LogP contribution in [-0.4, -0.2) is 33.3 Å². The topological polar surface area (TPSA) is 86.9 Å². The van der Waals surface area contributed by atoms with Gasteiger partial charge in [0.2, 0.25) is 5.91 Å². The van der Waals surface area contributed by atoms with Crippen molar-refractivity contribution in [1.82, 2.24) is 19.5 Å². The Bertz CT molecular complexity index is 1420. The first kappa shape index (κ1) is 21.1. The maximum Gasteiger partial charge on any atom is 0.273 e. The maximum atomic E-state index is 13.5. The molecule has 0 saturated heterocycles. The number of amides is 1. The van der Waals surface area contributed by atoms with Crippen LogP contribution in [0, 0.1) is 6.92 Å². The lowest BCUT2D eigenvalue weighted by molar-refractivity contribution is -0.125. The number of hydrogen-bond acceptors (Lipinski definition) is 5. The molecule has 2 aromatic carbocycles. The quantitative estimate of drug-likeness (QED) is 0.507. The smallest absolute Gasteiger partial charge is 0.273 e. The Morgan fingerprint density at radius 3 is 2.67 bits per heavy atom. The van der Waals surface area contributed by atoms with Gasteiger partial charge in [-0.1, -0.05) is 25.1 Å². The number of para-hydroxylation sites is 1. The molecule has 8 heteroatoms. The van der Waals surface area contributed by atoms with Crippen molar-refractivity contribution in [2.75, 3.05) is 13.2 Å². The number of fused-ring (bicyclic) bond motifs is 4. The summed E-state index contributed by atoms with van der Waals surface area (Å²) in [6, 6.07) is 14.2. The van der Waals surface area contributed by atoms with E-state index in [4.69, 9.17) is 9.47 Å². The first-order chi connectivity index (χ1) is 16.0. The minimum atomic E-state index is -0.491. The molecule has 0 unspecified atom stereocenters. The monoisotopic (exact) mass is 446 g/mol. The van der Waals surface area contributed by atoms with Gasteiger partial charge in [0.05, 0.1) is 11.6 Å². The highest BCUT2D eigenvalue weighted by atomic mass is 16.6. The van der Waals surface area contributed by atoms with Gasteiger partial charge in [-0.2, -0.15) is 4.98 Å². The Morgan fingerprint density at radius 2 is 1.88 bits per heavy atom. The standard InChI is InChI=1S/C25H26N4O4/c1-4-19(25(31)26-16(3)17-9-10-21-22(14-17)33-12-11-32-21)29-20-8-6-5-7-18(20)24-27-23(30)13-15(2)28(24)29/h5-10,13-14,16,19H,4,11-12H2,1-3H3,(H,26,31)/t16-,19-/m1/s1. The van der Waals surface area contributed by atoms with Crippen LogP contribution >= 0.6 is 0 Å². The zero-order valence-electron chi connectivity index (χ0n) is 18.9. The van der Waals surface area contributed by atoms with Crippen LogP contribution in [-0.2, 0) is 4.79 Å². The number of rotatable bonds is 5. The lowest BCUT2D eigenvalue weighted by atomic mass is 10.1. The Hall–Kier alpha value is -3.81. The van der Waals surface area contributed by atoms with E-state index in [1.165, 1.54) is 6.07 Å². The molecule has 1 aliphatic rings. The Morgan fingerprint density at radius 1 is 1.12 bits per heavy atom. The lowest BCUT2D eigenvalue weighted by Crippen LogP contribution is -2.35. The minimum absolute atomic E-state index is 0.111. The summed E-state index contributed by atoms with van der Waals surface area (Å²) < 4.78 is 15.1. The third-order valence-electron chi connectivity index (χ3n) is 6.10. The molecule has 0 bridgehead atoms. The van der Waals surface area contributed by atoms with E-state index in [1.54, 1.807) is 0 Å². The Balaban J connectivity index is 1.52. The molecule has 1 N–H and O–H groups in total. The predicted octanol–water partition coefficient (Wildman–Crippen LogP) is 3.56. The van der Waals surface area contributed by atoms with E-state index in [1.807, 2.05) is 72.4 Å². The van der Waals surface area contributed by atoms with Crippen molar-refractivity contribution in [3.63, 3.8) is 0 Å². The Labute approximate surface area is 190 Å². The van der Waals surface area contributed by atoms with E-state index < -0.39 is 6.04 Å². The van der Waals surface area contributed by atoms with E-state index in [-0.39, 0.29) is 17.5 Å². The summed E-state index contributed by atoms with van der Waals surface area (Å²) >= 11 is 0. The van der Waals surface area contributed by atoms with Gasteiger partial charge in [0.1, 0.15) is 19.3 Å². The van der Waals surface area contributed by atoms with Crippen molar-refractivity contribution in [3.05, 3.63) is 70.1 Å². The summed E-state index contributed by atoms with van der Waals surface area (Å²) in [5, 5.41) is 3.99. The van der Waals surface area contributed by atoms with E-state index in [2.05, 4.69) is 10.3 Å². The number of aryl methyl sites for hydroxylation is 1. The molecule has 4 aromatic rings. The highest BCUT2D eigenvalue weighted by Crippen LogP contribution is 2.33. The molecule has 0 spiro atoms. The molecule has 0 saturated carbocycles. The van der Waals surface area contributed by atoms with Gasteiger partial charge in [-0.25, -0.2) is 4.52 Å². The average molecular weight is 447 g/mol. The van der Waals surface area contributed by atoms with Gasteiger partial charge in [-0.15, -0.1) is 0 Å². The van der Waals surface area contributed by atoms with Gasteiger partial charge < -0.3 is 14.8 Å². The summed E-state index contributed by atoms with van der Waals surface area (Å²) in [6.07, 6.45) is 0.568. The third kappa shape index (κ3) is 3.61. The second kappa shape index (κ2) is 8.27. The fraction of sp³-hybridized carbons (Fsp3) is 0.320. The van der Waals surface area contributed by atoms with Crippen LogP contribution < -0.4 is 20.3 Å². The van der Waals surface area contributed by atoms with E-state index >= 15 is 0 Å². The van der Waals surface area contributed by atoms with Crippen LogP contribution in [0.15, 0.2) is 53.3 Å². The largest absolute Gasteiger partial charge is 0.486 e. The summed E-state index contributed by atoms with van der Waals surface area (Å²) in [6.45, 7) is 6.83. The molecular formula is C25H26N4O4. The summed E-state index contributed by atoms with van der Waals surface area (Å²) in [7, 11) is 0. The molecule has 0 aliphatic carbocycles. The number of aromatic nitrogens is 3. The summed E-state index contributed by atoms with van der Waals surface area (Å²) in [4.78, 5) is 29.9. The molecule has 0 fully saturated rings. The number of carbonyl (C=O) groups excluding carboxylic acids is 1. The molecular weight excluding hydrogens is 420 g/mol. The van der Waals surface area contributed by atoms with Gasteiger partial charge >= 0.3 is 0 Å². The lowest BCUT2D eigenvalue weighted by Gasteiger charge is -2.24. The molecule has 5 rings (SSSR count). The zero-order valence-corrected chi connectivity index (χ0v) is 18.9.